The summed E-state index contributed by atoms with van der Waals surface area (Å²) in [6.45, 7) is -1.14. The van der Waals surface area contributed by atoms with Crippen molar-refractivity contribution >= 4 is 11.9 Å². The number of hydrogen-bond acceptors (Lipinski definition) is 4. The lowest BCUT2D eigenvalue weighted by Crippen LogP contribution is -2.42. The van der Waals surface area contributed by atoms with E-state index in [-0.39, 0.29) is 6.42 Å². The fraction of sp³-hybridized carbons (Fsp3) is 0.429. The number of alkyl halides is 1. The number of methoxy groups -OCH3 is 2. The highest BCUT2D eigenvalue weighted by Crippen LogP contribution is 2.23. The molecule has 21 heavy (non-hydrogen) atoms. The first-order valence-electron chi connectivity index (χ1n) is 6.30. The predicted molar refractivity (Wildman–Crippen MR) is 73.4 cm³/mol. The second-order valence-electron chi connectivity index (χ2n) is 4.33. The molecule has 1 aromatic carbocycles. The van der Waals surface area contributed by atoms with Gasteiger partial charge in [-0.25, -0.2) is 9.18 Å². The summed E-state index contributed by atoms with van der Waals surface area (Å²) in [6.07, 6.45) is 0.401. The molecule has 2 N–H and O–H groups in total. The first-order valence-corrected chi connectivity index (χ1v) is 6.30. The number of aryl methyl sites for hydroxylation is 1. The molecule has 0 radical (unpaired) electrons. The Morgan fingerprint density at radius 3 is 2.24 bits per heavy atom. The molecule has 0 heterocycles. The quantitative estimate of drug-likeness (QED) is 0.753. The Labute approximate surface area is 121 Å². The van der Waals surface area contributed by atoms with Crippen LogP contribution in [0.2, 0.25) is 0 Å². The molecule has 0 bridgehead atoms. The van der Waals surface area contributed by atoms with Crippen LogP contribution in [0.4, 0.5) is 4.39 Å². The van der Waals surface area contributed by atoms with E-state index in [0.29, 0.717) is 17.9 Å². The van der Waals surface area contributed by atoms with Crippen molar-refractivity contribution in [2.45, 2.75) is 18.9 Å². The van der Waals surface area contributed by atoms with Crippen molar-refractivity contribution < 1.29 is 28.6 Å². The molecule has 1 amide bonds. The number of ether oxygens (including phenoxy) is 2. The van der Waals surface area contributed by atoms with Gasteiger partial charge in [0.2, 0.25) is 5.91 Å². The summed E-state index contributed by atoms with van der Waals surface area (Å²) in [5.74, 6) is -0.732. The lowest BCUT2D eigenvalue weighted by atomic mass is 10.1. The molecule has 1 aromatic rings. The maximum Gasteiger partial charge on any atom is 0.328 e. The Morgan fingerprint density at radius 1 is 1.24 bits per heavy atom. The zero-order chi connectivity index (χ0) is 15.8. The first kappa shape index (κ1) is 16.7. The van der Waals surface area contributed by atoms with Crippen molar-refractivity contribution in [3.05, 3.63) is 23.8 Å². The van der Waals surface area contributed by atoms with E-state index in [2.05, 4.69) is 5.32 Å². The smallest absolute Gasteiger partial charge is 0.328 e. The Balaban J connectivity index is 2.62. The number of amides is 1. The summed E-state index contributed by atoms with van der Waals surface area (Å²) in [5.41, 5.74) is 0.800. The number of carbonyl (C=O) groups excluding carboxylic acids is 1. The van der Waals surface area contributed by atoms with Crippen LogP contribution in [-0.2, 0) is 16.0 Å². The van der Waals surface area contributed by atoms with Crippen molar-refractivity contribution in [2.75, 3.05) is 20.9 Å². The Bertz CT molecular complexity index is 484. The molecular weight excluding hydrogens is 281 g/mol. The van der Waals surface area contributed by atoms with Crippen LogP contribution in [0.3, 0.4) is 0 Å². The first-order chi connectivity index (χ1) is 9.99. The van der Waals surface area contributed by atoms with Crippen LogP contribution in [-0.4, -0.2) is 43.9 Å². The molecule has 0 saturated heterocycles. The average Bonchev–Trinajstić information content (AvgIpc) is 2.49. The Kier molecular flexibility index (Phi) is 6.45. The highest BCUT2D eigenvalue weighted by Gasteiger charge is 2.19. The highest BCUT2D eigenvalue weighted by molar-refractivity contribution is 5.83. The SMILES string of the molecule is COc1cc(CCC(=O)NC(CF)C(=O)O)cc(OC)c1. The van der Waals surface area contributed by atoms with Crippen molar-refractivity contribution in [1.82, 2.24) is 5.32 Å². The van der Waals surface area contributed by atoms with E-state index in [1.807, 2.05) is 0 Å². The van der Waals surface area contributed by atoms with Gasteiger partial charge in [0.15, 0.2) is 6.04 Å². The van der Waals surface area contributed by atoms with Crippen LogP contribution in [0.5, 0.6) is 11.5 Å². The van der Waals surface area contributed by atoms with Gasteiger partial charge in [0, 0.05) is 12.5 Å². The number of carboxylic acid groups (broad SMARTS) is 1. The minimum absolute atomic E-state index is 0.0418. The predicted octanol–water partition coefficient (Wildman–Crippen LogP) is 1.18. The number of carboxylic acids is 1. The molecule has 7 heteroatoms. The number of hydrogen-bond donors (Lipinski definition) is 2. The molecular formula is C14H18FNO5. The summed E-state index contributed by atoms with van der Waals surface area (Å²) in [7, 11) is 3.04. The number of benzene rings is 1. The van der Waals surface area contributed by atoms with Crippen LogP contribution in [0, 0.1) is 0 Å². The molecule has 0 aromatic heterocycles. The zero-order valence-electron chi connectivity index (χ0n) is 11.9. The van der Waals surface area contributed by atoms with Crippen LogP contribution in [0.15, 0.2) is 18.2 Å². The third kappa shape index (κ3) is 5.29. The third-order valence-electron chi connectivity index (χ3n) is 2.84. The monoisotopic (exact) mass is 299 g/mol. The number of nitrogens with one attached hydrogen (secondary N) is 1. The summed E-state index contributed by atoms with van der Waals surface area (Å²) in [5, 5.41) is 10.8. The van der Waals surface area contributed by atoms with Crippen LogP contribution in [0.1, 0.15) is 12.0 Å². The van der Waals surface area contributed by atoms with Gasteiger partial charge in [-0.15, -0.1) is 0 Å². The second kappa shape index (κ2) is 8.08. The van der Waals surface area contributed by atoms with Gasteiger partial charge in [-0.05, 0) is 24.1 Å². The second-order valence-corrected chi connectivity index (χ2v) is 4.33. The number of rotatable bonds is 8. The Hall–Kier alpha value is -2.31. The molecule has 0 aliphatic rings. The van der Waals surface area contributed by atoms with E-state index in [0.717, 1.165) is 5.56 Å². The van der Waals surface area contributed by atoms with Crippen molar-refractivity contribution in [3.63, 3.8) is 0 Å². The van der Waals surface area contributed by atoms with Gasteiger partial charge in [-0.3, -0.25) is 4.79 Å². The van der Waals surface area contributed by atoms with Crippen LogP contribution >= 0.6 is 0 Å². The minimum Gasteiger partial charge on any atom is -0.497 e. The van der Waals surface area contributed by atoms with Gasteiger partial charge >= 0.3 is 5.97 Å². The Morgan fingerprint density at radius 2 is 1.81 bits per heavy atom. The van der Waals surface area contributed by atoms with Crippen molar-refractivity contribution in [1.29, 1.82) is 0 Å². The largest absolute Gasteiger partial charge is 0.497 e. The van der Waals surface area contributed by atoms with Gasteiger partial charge in [0.05, 0.1) is 14.2 Å². The van der Waals surface area contributed by atoms with E-state index >= 15 is 0 Å². The molecule has 0 spiro atoms. The normalized spacial score (nSPS) is 11.6. The number of halogens is 1. The lowest BCUT2D eigenvalue weighted by molar-refractivity contribution is -0.142. The van der Waals surface area contributed by atoms with E-state index < -0.39 is 24.6 Å². The minimum atomic E-state index is -1.50. The van der Waals surface area contributed by atoms with Crippen LogP contribution < -0.4 is 14.8 Å². The van der Waals surface area contributed by atoms with E-state index in [9.17, 15) is 14.0 Å². The molecule has 6 nitrogen and oxygen atoms in total. The van der Waals surface area contributed by atoms with Gasteiger partial charge in [0.1, 0.15) is 18.2 Å². The molecule has 0 saturated carbocycles. The molecule has 1 unspecified atom stereocenters. The standard InChI is InChI=1S/C14H18FNO5/c1-20-10-5-9(6-11(7-10)21-2)3-4-13(17)16-12(8-15)14(18)19/h5-7,12H,3-4,8H2,1-2H3,(H,16,17)(H,18,19). The van der Waals surface area contributed by atoms with Gasteiger partial charge < -0.3 is 19.9 Å². The van der Waals surface area contributed by atoms with Crippen LogP contribution in [0.25, 0.3) is 0 Å². The lowest BCUT2D eigenvalue weighted by Gasteiger charge is -2.11. The van der Waals surface area contributed by atoms with Crippen molar-refractivity contribution in [3.8, 4) is 11.5 Å². The third-order valence-corrected chi connectivity index (χ3v) is 2.84. The molecule has 1 rings (SSSR count). The fourth-order valence-electron chi connectivity index (χ4n) is 1.70. The summed E-state index contributed by atoms with van der Waals surface area (Å²) < 4.78 is 22.6. The number of aliphatic carboxylic acids is 1. The van der Waals surface area contributed by atoms with E-state index in [1.54, 1.807) is 18.2 Å². The van der Waals surface area contributed by atoms with Gasteiger partial charge in [-0.1, -0.05) is 0 Å². The summed E-state index contributed by atoms with van der Waals surface area (Å²) >= 11 is 0. The maximum absolute atomic E-state index is 12.4. The highest BCUT2D eigenvalue weighted by atomic mass is 19.1. The van der Waals surface area contributed by atoms with Gasteiger partial charge in [-0.2, -0.15) is 0 Å². The van der Waals surface area contributed by atoms with E-state index in [4.69, 9.17) is 14.6 Å². The summed E-state index contributed by atoms with van der Waals surface area (Å²) in [4.78, 5) is 22.2. The molecule has 1 atom stereocenters. The molecule has 116 valence electrons. The zero-order valence-corrected chi connectivity index (χ0v) is 11.9. The molecule has 0 aliphatic carbocycles. The fourth-order valence-corrected chi connectivity index (χ4v) is 1.70. The topological polar surface area (TPSA) is 84.9 Å². The summed E-state index contributed by atoms with van der Waals surface area (Å²) in [6, 6.07) is 3.70. The van der Waals surface area contributed by atoms with Crippen molar-refractivity contribution in [2.24, 2.45) is 0 Å². The van der Waals surface area contributed by atoms with E-state index in [1.165, 1.54) is 14.2 Å². The number of carbonyl (C=O) groups is 2. The molecule has 0 aliphatic heterocycles. The molecule has 0 fully saturated rings. The van der Waals surface area contributed by atoms with Gasteiger partial charge in [0.25, 0.3) is 0 Å². The maximum atomic E-state index is 12.4. The average molecular weight is 299 g/mol.